The Hall–Kier alpha value is -1.71. The van der Waals surface area contributed by atoms with Crippen LogP contribution in [0, 0.1) is 12.7 Å². The molecule has 1 fully saturated rings. The van der Waals surface area contributed by atoms with Gasteiger partial charge in [0.2, 0.25) is 0 Å². The third-order valence-corrected chi connectivity index (χ3v) is 5.27. The molecule has 28 heavy (non-hydrogen) atoms. The van der Waals surface area contributed by atoms with E-state index >= 15 is 0 Å². The number of aromatic nitrogens is 3. The van der Waals surface area contributed by atoms with E-state index in [1.165, 1.54) is 6.07 Å². The lowest BCUT2D eigenvalue weighted by Crippen LogP contribution is -2.41. The van der Waals surface area contributed by atoms with E-state index in [1.807, 2.05) is 24.6 Å². The quantitative estimate of drug-likeness (QED) is 0.252. The van der Waals surface area contributed by atoms with Crippen LogP contribution in [0.15, 0.2) is 29.3 Å². The zero-order chi connectivity index (χ0) is 19.3. The monoisotopic (exact) mass is 500 g/mol. The van der Waals surface area contributed by atoms with Crippen molar-refractivity contribution in [1.29, 1.82) is 0 Å². The lowest BCUT2D eigenvalue weighted by atomic mass is 9.96. The highest BCUT2D eigenvalue weighted by atomic mass is 127. The number of aryl methyl sites for hydroxylation is 1. The number of nitrogens with one attached hydrogen (secondary N) is 2. The number of halogens is 2. The Morgan fingerprint density at radius 1 is 1.29 bits per heavy atom. The van der Waals surface area contributed by atoms with Gasteiger partial charge in [0, 0.05) is 25.6 Å². The third kappa shape index (κ3) is 5.65. The highest BCUT2D eigenvalue weighted by molar-refractivity contribution is 14.0. The predicted octanol–water partition coefficient (Wildman–Crippen LogP) is 3.45. The fourth-order valence-corrected chi connectivity index (χ4v) is 3.09. The molecular formula is C20H30FIN6. The molecule has 0 spiro atoms. The Labute approximate surface area is 183 Å². The highest BCUT2D eigenvalue weighted by Crippen LogP contribution is 2.47. The zero-order valence-electron chi connectivity index (χ0n) is 16.8. The summed E-state index contributed by atoms with van der Waals surface area (Å²) in [5.41, 5.74) is 1.07. The lowest BCUT2D eigenvalue weighted by Gasteiger charge is -2.19. The van der Waals surface area contributed by atoms with Crippen molar-refractivity contribution < 1.29 is 4.39 Å². The van der Waals surface area contributed by atoms with Crippen LogP contribution in [0.5, 0.6) is 0 Å². The van der Waals surface area contributed by atoms with Crippen LogP contribution < -0.4 is 10.6 Å². The molecule has 1 saturated carbocycles. The van der Waals surface area contributed by atoms with E-state index in [4.69, 9.17) is 0 Å². The van der Waals surface area contributed by atoms with E-state index in [9.17, 15) is 4.39 Å². The first-order valence-corrected chi connectivity index (χ1v) is 9.67. The van der Waals surface area contributed by atoms with Crippen LogP contribution in [-0.4, -0.2) is 33.8 Å². The molecule has 1 aliphatic rings. The molecule has 3 rings (SSSR count). The predicted molar refractivity (Wildman–Crippen MR) is 121 cm³/mol. The van der Waals surface area contributed by atoms with Crippen molar-refractivity contribution >= 4 is 29.9 Å². The van der Waals surface area contributed by atoms with Gasteiger partial charge in [0.1, 0.15) is 18.2 Å². The number of nitrogens with zero attached hydrogens (tertiary/aromatic N) is 4. The van der Waals surface area contributed by atoms with Gasteiger partial charge in [-0.05, 0) is 43.9 Å². The minimum absolute atomic E-state index is 0. The van der Waals surface area contributed by atoms with Crippen LogP contribution >= 0.6 is 24.0 Å². The van der Waals surface area contributed by atoms with Gasteiger partial charge >= 0.3 is 0 Å². The van der Waals surface area contributed by atoms with E-state index in [-0.39, 0.29) is 35.2 Å². The van der Waals surface area contributed by atoms with Gasteiger partial charge in [0.05, 0.1) is 0 Å². The van der Waals surface area contributed by atoms with Gasteiger partial charge in [0.25, 0.3) is 0 Å². The summed E-state index contributed by atoms with van der Waals surface area (Å²) < 4.78 is 15.6. The molecule has 0 saturated heterocycles. The Kier molecular flexibility index (Phi) is 8.21. The number of benzene rings is 1. The Morgan fingerprint density at radius 2 is 2.07 bits per heavy atom. The van der Waals surface area contributed by atoms with E-state index in [0.29, 0.717) is 6.54 Å². The number of rotatable bonds is 8. The van der Waals surface area contributed by atoms with Crippen LogP contribution in [0.1, 0.15) is 49.8 Å². The van der Waals surface area contributed by atoms with Crippen LogP contribution in [0.3, 0.4) is 0 Å². The lowest BCUT2D eigenvalue weighted by molar-refractivity contribution is 0.605. The molecule has 2 aromatic rings. The molecule has 0 radical (unpaired) electrons. The SMILES string of the molecule is CCCCNC(=NCc1nnc(C)n1C)NCC1(c2cccc(F)c2)CC1.I. The van der Waals surface area contributed by atoms with Crippen LogP contribution in [-0.2, 0) is 19.0 Å². The molecule has 1 aliphatic carbocycles. The summed E-state index contributed by atoms with van der Waals surface area (Å²) in [6.45, 7) is 6.16. The summed E-state index contributed by atoms with van der Waals surface area (Å²) in [4.78, 5) is 4.68. The smallest absolute Gasteiger partial charge is 0.191 e. The summed E-state index contributed by atoms with van der Waals surface area (Å²) in [6.07, 6.45) is 4.33. The molecule has 6 nitrogen and oxygen atoms in total. The molecule has 2 N–H and O–H groups in total. The van der Waals surface area contributed by atoms with Crippen molar-refractivity contribution in [2.45, 2.75) is 51.5 Å². The van der Waals surface area contributed by atoms with Gasteiger partial charge in [-0.2, -0.15) is 0 Å². The summed E-state index contributed by atoms with van der Waals surface area (Å²) in [7, 11) is 1.95. The van der Waals surface area contributed by atoms with Gasteiger partial charge in [-0.1, -0.05) is 25.5 Å². The molecule has 8 heteroatoms. The van der Waals surface area contributed by atoms with Crippen molar-refractivity contribution in [3.8, 4) is 0 Å². The molecular weight excluding hydrogens is 470 g/mol. The second-order valence-electron chi connectivity index (χ2n) is 7.31. The average molecular weight is 500 g/mol. The first-order valence-electron chi connectivity index (χ1n) is 9.67. The highest BCUT2D eigenvalue weighted by Gasteiger charge is 2.44. The maximum Gasteiger partial charge on any atom is 0.191 e. The Morgan fingerprint density at radius 3 is 2.68 bits per heavy atom. The molecule has 0 bridgehead atoms. The minimum atomic E-state index is -0.175. The topological polar surface area (TPSA) is 67.1 Å². The summed E-state index contributed by atoms with van der Waals surface area (Å²) >= 11 is 0. The number of hydrogen-bond acceptors (Lipinski definition) is 3. The largest absolute Gasteiger partial charge is 0.356 e. The molecule has 0 aliphatic heterocycles. The number of unbranched alkanes of at least 4 members (excludes halogenated alkanes) is 1. The molecule has 1 aromatic heterocycles. The van der Waals surface area contributed by atoms with Crippen molar-refractivity contribution in [3.05, 3.63) is 47.3 Å². The van der Waals surface area contributed by atoms with Crippen LogP contribution in [0.4, 0.5) is 4.39 Å². The van der Waals surface area contributed by atoms with Gasteiger partial charge < -0.3 is 15.2 Å². The van der Waals surface area contributed by atoms with Crippen molar-refractivity contribution in [2.24, 2.45) is 12.0 Å². The zero-order valence-corrected chi connectivity index (χ0v) is 19.2. The molecule has 154 valence electrons. The van der Waals surface area contributed by atoms with Gasteiger partial charge in [-0.15, -0.1) is 34.2 Å². The van der Waals surface area contributed by atoms with Gasteiger partial charge in [0.15, 0.2) is 11.8 Å². The van der Waals surface area contributed by atoms with Crippen molar-refractivity contribution in [2.75, 3.05) is 13.1 Å². The normalized spacial score (nSPS) is 15.1. The summed E-state index contributed by atoms with van der Waals surface area (Å²) in [5.74, 6) is 2.30. The maximum atomic E-state index is 13.6. The van der Waals surface area contributed by atoms with E-state index in [0.717, 1.165) is 61.9 Å². The third-order valence-electron chi connectivity index (χ3n) is 5.27. The number of aliphatic imine (C=N–C) groups is 1. The summed E-state index contributed by atoms with van der Waals surface area (Å²) in [5, 5.41) is 15.1. The minimum Gasteiger partial charge on any atom is -0.356 e. The van der Waals surface area contributed by atoms with E-state index in [1.54, 1.807) is 12.1 Å². The molecule has 0 amide bonds. The molecule has 1 heterocycles. The first-order chi connectivity index (χ1) is 13.0. The molecule has 0 atom stereocenters. The summed E-state index contributed by atoms with van der Waals surface area (Å²) in [6, 6.07) is 6.95. The van der Waals surface area contributed by atoms with Crippen LogP contribution in [0.25, 0.3) is 0 Å². The fraction of sp³-hybridized carbons (Fsp3) is 0.550. The Balaban J connectivity index is 0.00000280. The fourth-order valence-electron chi connectivity index (χ4n) is 3.09. The first kappa shape index (κ1) is 22.6. The second kappa shape index (κ2) is 10.2. The van der Waals surface area contributed by atoms with E-state index < -0.39 is 0 Å². The molecule has 1 aromatic carbocycles. The van der Waals surface area contributed by atoms with Gasteiger partial charge in [-0.25, -0.2) is 9.38 Å². The van der Waals surface area contributed by atoms with Crippen LogP contribution in [0.2, 0.25) is 0 Å². The van der Waals surface area contributed by atoms with E-state index in [2.05, 4.69) is 32.7 Å². The number of hydrogen-bond donors (Lipinski definition) is 2. The Bertz CT molecular complexity index is 800. The number of guanidine groups is 1. The van der Waals surface area contributed by atoms with Gasteiger partial charge in [-0.3, -0.25) is 0 Å². The average Bonchev–Trinajstić information content (AvgIpc) is 3.39. The standard InChI is InChI=1S/C20H29FN6.HI/c1-4-5-11-22-19(23-13-18-26-25-15(2)27(18)3)24-14-20(9-10-20)16-7-6-8-17(21)12-16;/h6-8,12H,4-5,9-11,13-14H2,1-3H3,(H2,22,23,24);1H. The van der Waals surface area contributed by atoms with Crippen molar-refractivity contribution in [1.82, 2.24) is 25.4 Å². The second-order valence-corrected chi connectivity index (χ2v) is 7.31. The maximum absolute atomic E-state index is 13.6. The molecule has 0 unspecified atom stereocenters. The van der Waals surface area contributed by atoms with Crippen molar-refractivity contribution in [3.63, 3.8) is 0 Å².